The van der Waals surface area contributed by atoms with Gasteiger partial charge in [0, 0.05) is 24.4 Å². The monoisotopic (exact) mass is 225 g/mol. The molecule has 1 aliphatic heterocycles. The molecular formula is C11H12ClNO2. The topological polar surface area (TPSA) is 38.3 Å². The van der Waals surface area contributed by atoms with Crippen molar-refractivity contribution in [2.75, 3.05) is 24.3 Å². The van der Waals surface area contributed by atoms with Crippen LogP contribution in [0.5, 0.6) is 5.75 Å². The first kappa shape index (κ1) is 10.3. The Kier molecular flexibility index (Phi) is 3.11. The SMILES string of the molecule is O=C(CCCl)c1ccc2c(c1)NCCO2. The van der Waals surface area contributed by atoms with E-state index in [2.05, 4.69) is 5.32 Å². The standard InChI is InChI=1S/C11H12ClNO2/c12-4-3-10(14)8-1-2-11-9(7-8)13-5-6-15-11/h1-2,7,13H,3-6H2. The maximum atomic E-state index is 11.6. The van der Waals surface area contributed by atoms with E-state index in [9.17, 15) is 4.79 Å². The van der Waals surface area contributed by atoms with Crippen molar-refractivity contribution in [2.24, 2.45) is 0 Å². The fourth-order valence-corrected chi connectivity index (χ4v) is 1.72. The highest BCUT2D eigenvalue weighted by atomic mass is 35.5. The Balaban J connectivity index is 2.24. The number of ketones is 1. The Labute approximate surface area is 93.4 Å². The number of carbonyl (C=O) groups excluding carboxylic acids is 1. The highest BCUT2D eigenvalue weighted by molar-refractivity contribution is 6.19. The first-order valence-electron chi connectivity index (χ1n) is 4.91. The fourth-order valence-electron chi connectivity index (χ4n) is 1.54. The molecule has 15 heavy (non-hydrogen) atoms. The lowest BCUT2D eigenvalue weighted by Crippen LogP contribution is -2.18. The number of alkyl halides is 1. The van der Waals surface area contributed by atoms with Gasteiger partial charge in [0.15, 0.2) is 5.78 Å². The van der Waals surface area contributed by atoms with E-state index in [1.165, 1.54) is 0 Å². The summed E-state index contributed by atoms with van der Waals surface area (Å²) in [5.74, 6) is 1.24. The largest absolute Gasteiger partial charge is 0.490 e. The molecule has 0 atom stereocenters. The lowest BCUT2D eigenvalue weighted by Gasteiger charge is -2.19. The van der Waals surface area contributed by atoms with Gasteiger partial charge in [0.25, 0.3) is 0 Å². The third-order valence-corrected chi connectivity index (χ3v) is 2.49. The molecule has 0 aliphatic carbocycles. The zero-order chi connectivity index (χ0) is 10.7. The van der Waals surface area contributed by atoms with Crippen molar-refractivity contribution < 1.29 is 9.53 Å². The van der Waals surface area contributed by atoms with Crippen LogP contribution in [0, 0.1) is 0 Å². The van der Waals surface area contributed by atoms with Crippen molar-refractivity contribution in [3.8, 4) is 5.75 Å². The highest BCUT2D eigenvalue weighted by Crippen LogP contribution is 2.28. The van der Waals surface area contributed by atoms with E-state index >= 15 is 0 Å². The quantitative estimate of drug-likeness (QED) is 0.634. The van der Waals surface area contributed by atoms with Crippen LogP contribution in [-0.4, -0.2) is 24.8 Å². The molecule has 1 aromatic carbocycles. The van der Waals surface area contributed by atoms with E-state index in [1.807, 2.05) is 12.1 Å². The molecule has 0 bridgehead atoms. The van der Waals surface area contributed by atoms with E-state index in [4.69, 9.17) is 16.3 Å². The van der Waals surface area contributed by atoms with Crippen molar-refractivity contribution in [2.45, 2.75) is 6.42 Å². The van der Waals surface area contributed by atoms with Gasteiger partial charge in [-0.25, -0.2) is 0 Å². The number of ether oxygens (including phenoxy) is 1. The summed E-state index contributed by atoms with van der Waals surface area (Å²) < 4.78 is 5.42. The number of Topliss-reactive ketones (excluding diaryl/α,β-unsaturated/α-hetero) is 1. The zero-order valence-electron chi connectivity index (χ0n) is 8.25. The van der Waals surface area contributed by atoms with Crippen molar-refractivity contribution >= 4 is 23.1 Å². The summed E-state index contributed by atoms with van der Waals surface area (Å²) in [4.78, 5) is 11.6. The second-order valence-corrected chi connectivity index (χ2v) is 3.73. The Hall–Kier alpha value is -1.22. The first-order chi connectivity index (χ1) is 7.31. The average Bonchev–Trinajstić information content (AvgIpc) is 2.29. The summed E-state index contributed by atoms with van der Waals surface area (Å²) in [7, 11) is 0. The number of halogens is 1. The number of rotatable bonds is 3. The Morgan fingerprint density at radius 2 is 2.40 bits per heavy atom. The van der Waals surface area contributed by atoms with Gasteiger partial charge in [-0.15, -0.1) is 11.6 Å². The van der Waals surface area contributed by atoms with Crippen LogP contribution in [0.4, 0.5) is 5.69 Å². The molecular weight excluding hydrogens is 214 g/mol. The van der Waals surface area contributed by atoms with Crippen LogP contribution in [0.2, 0.25) is 0 Å². The molecule has 1 aromatic rings. The molecule has 1 N–H and O–H groups in total. The van der Waals surface area contributed by atoms with E-state index in [1.54, 1.807) is 6.07 Å². The van der Waals surface area contributed by atoms with E-state index in [0.717, 1.165) is 18.0 Å². The summed E-state index contributed by atoms with van der Waals surface area (Å²) in [6.07, 6.45) is 0.376. The van der Waals surface area contributed by atoms with Crippen LogP contribution in [0.1, 0.15) is 16.8 Å². The average molecular weight is 226 g/mol. The molecule has 1 aliphatic rings. The number of nitrogens with one attached hydrogen (secondary N) is 1. The zero-order valence-corrected chi connectivity index (χ0v) is 9.01. The molecule has 0 aromatic heterocycles. The van der Waals surface area contributed by atoms with Crippen molar-refractivity contribution in [3.05, 3.63) is 23.8 Å². The molecule has 80 valence electrons. The predicted octanol–water partition coefficient (Wildman–Crippen LogP) is 2.30. The smallest absolute Gasteiger partial charge is 0.164 e. The fraction of sp³-hybridized carbons (Fsp3) is 0.364. The van der Waals surface area contributed by atoms with Crippen LogP contribution < -0.4 is 10.1 Å². The minimum Gasteiger partial charge on any atom is -0.490 e. The molecule has 0 saturated carbocycles. The van der Waals surface area contributed by atoms with Gasteiger partial charge in [-0.1, -0.05) is 0 Å². The predicted molar refractivity (Wildman–Crippen MR) is 60.1 cm³/mol. The number of hydrogen-bond donors (Lipinski definition) is 1. The summed E-state index contributed by atoms with van der Waals surface area (Å²) in [5.41, 5.74) is 1.58. The number of benzene rings is 1. The highest BCUT2D eigenvalue weighted by Gasteiger charge is 2.12. The third kappa shape index (κ3) is 2.23. The normalized spacial score (nSPS) is 13.7. The van der Waals surface area contributed by atoms with Crippen LogP contribution >= 0.6 is 11.6 Å². The maximum absolute atomic E-state index is 11.6. The number of anilines is 1. The lowest BCUT2D eigenvalue weighted by atomic mass is 10.1. The van der Waals surface area contributed by atoms with E-state index in [-0.39, 0.29) is 5.78 Å². The van der Waals surface area contributed by atoms with Gasteiger partial charge < -0.3 is 10.1 Å². The van der Waals surface area contributed by atoms with Crippen LogP contribution in [0.3, 0.4) is 0 Å². The Bertz CT molecular complexity index is 379. The molecule has 3 nitrogen and oxygen atoms in total. The number of hydrogen-bond acceptors (Lipinski definition) is 3. The third-order valence-electron chi connectivity index (χ3n) is 2.30. The summed E-state index contributed by atoms with van der Waals surface area (Å²) >= 11 is 5.53. The van der Waals surface area contributed by atoms with Crippen LogP contribution in [0.15, 0.2) is 18.2 Å². The Morgan fingerprint density at radius 3 is 3.20 bits per heavy atom. The molecule has 1 heterocycles. The summed E-state index contributed by atoms with van der Waals surface area (Å²) in [5, 5.41) is 3.19. The minimum absolute atomic E-state index is 0.0696. The Morgan fingerprint density at radius 1 is 1.53 bits per heavy atom. The number of fused-ring (bicyclic) bond motifs is 1. The minimum atomic E-state index is 0.0696. The van der Waals surface area contributed by atoms with Crippen LogP contribution in [-0.2, 0) is 0 Å². The van der Waals surface area contributed by atoms with Crippen LogP contribution in [0.25, 0.3) is 0 Å². The molecule has 0 unspecified atom stereocenters. The van der Waals surface area contributed by atoms with Gasteiger partial charge in [-0.05, 0) is 18.2 Å². The second-order valence-electron chi connectivity index (χ2n) is 3.35. The lowest BCUT2D eigenvalue weighted by molar-refractivity contribution is 0.0989. The van der Waals surface area contributed by atoms with E-state index in [0.29, 0.717) is 24.5 Å². The molecule has 0 radical (unpaired) electrons. The summed E-state index contributed by atoms with van der Waals surface area (Å²) in [6.45, 7) is 1.45. The molecule has 2 rings (SSSR count). The van der Waals surface area contributed by atoms with Gasteiger partial charge in [-0.2, -0.15) is 0 Å². The molecule has 4 heteroatoms. The van der Waals surface area contributed by atoms with Crippen molar-refractivity contribution in [3.63, 3.8) is 0 Å². The van der Waals surface area contributed by atoms with Gasteiger partial charge in [0.05, 0.1) is 5.69 Å². The second kappa shape index (κ2) is 4.53. The van der Waals surface area contributed by atoms with E-state index < -0.39 is 0 Å². The van der Waals surface area contributed by atoms with Crippen molar-refractivity contribution in [1.82, 2.24) is 0 Å². The van der Waals surface area contributed by atoms with Gasteiger partial charge >= 0.3 is 0 Å². The summed E-state index contributed by atoms with van der Waals surface area (Å²) in [6, 6.07) is 5.42. The molecule has 0 saturated heterocycles. The maximum Gasteiger partial charge on any atom is 0.164 e. The van der Waals surface area contributed by atoms with Crippen molar-refractivity contribution in [1.29, 1.82) is 0 Å². The van der Waals surface area contributed by atoms with Gasteiger partial charge in [0.2, 0.25) is 0 Å². The van der Waals surface area contributed by atoms with Gasteiger partial charge in [0.1, 0.15) is 12.4 Å². The van der Waals surface area contributed by atoms with Gasteiger partial charge in [-0.3, -0.25) is 4.79 Å². The number of carbonyl (C=O) groups is 1. The molecule has 0 spiro atoms. The molecule has 0 fully saturated rings. The first-order valence-corrected chi connectivity index (χ1v) is 5.44. The molecule has 0 amide bonds.